The van der Waals surface area contributed by atoms with Crippen LogP contribution < -0.4 is 4.72 Å². The van der Waals surface area contributed by atoms with E-state index in [1.807, 2.05) is 6.92 Å². The van der Waals surface area contributed by atoms with Crippen LogP contribution in [-0.4, -0.2) is 49.4 Å². The van der Waals surface area contributed by atoms with Crippen LogP contribution in [0.15, 0.2) is 29.2 Å². The van der Waals surface area contributed by atoms with E-state index in [2.05, 4.69) is 4.72 Å². The molecule has 0 radical (unpaired) electrons. The van der Waals surface area contributed by atoms with Crippen molar-refractivity contribution in [3.63, 3.8) is 0 Å². The maximum atomic E-state index is 12.6. The number of aliphatic carboxylic acids is 1. The average molecular weight is 368 g/mol. The third-order valence-electron chi connectivity index (χ3n) is 4.10. The summed E-state index contributed by atoms with van der Waals surface area (Å²) in [5.41, 5.74) is 0.349. The lowest BCUT2D eigenvalue weighted by Crippen LogP contribution is -2.45. The fourth-order valence-corrected chi connectivity index (χ4v) is 4.28. The first kappa shape index (κ1) is 19.4. The quantitative estimate of drug-likeness (QED) is 0.821. The first-order chi connectivity index (χ1) is 11.6. The largest absolute Gasteiger partial charge is 0.481 e. The number of piperidine rings is 1. The molecule has 8 heteroatoms. The minimum atomic E-state index is -3.61. The van der Waals surface area contributed by atoms with Crippen molar-refractivity contribution in [2.24, 2.45) is 11.8 Å². The van der Waals surface area contributed by atoms with Gasteiger partial charge in [-0.15, -0.1) is 0 Å². The SMILES string of the molecule is CC1CC(C(=O)O)CN(C(=O)c2ccc(S(=O)(=O)NC(C)C)cc2)C1. The fourth-order valence-electron chi connectivity index (χ4n) is 3.03. The van der Waals surface area contributed by atoms with E-state index >= 15 is 0 Å². The molecular weight excluding hydrogens is 344 g/mol. The Hall–Kier alpha value is -1.93. The minimum absolute atomic E-state index is 0.0909. The maximum Gasteiger partial charge on any atom is 0.308 e. The average Bonchev–Trinajstić information content (AvgIpc) is 2.52. The highest BCUT2D eigenvalue weighted by atomic mass is 32.2. The first-order valence-electron chi connectivity index (χ1n) is 8.24. The second kappa shape index (κ2) is 7.53. The van der Waals surface area contributed by atoms with Gasteiger partial charge in [0.15, 0.2) is 0 Å². The Morgan fingerprint density at radius 2 is 1.80 bits per heavy atom. The number of rotatable bonds is 5. The summed E-state index contributed by atoms with van der Waals surface area (Å²) in [7, 11) is -3.61. The van der Waals surface area contributed by atoms with Crippen molar-refractivity contribution in [2.75, 3.05) is 13.1 Å². The minimum Gasteiger partial charge on any atom is -0.481 e. The second-order valence-electron chi connectivity index (χ2n) is 6.89. The highest BCUT2D eigenvalue weighted by molar-refractivity contribution is 7.89. The monoisotopic (exact) mass is 368 g/mol. The zero-order valence-corrected chi connectivity index (χ0v) is 15.4. The molecule has 1 heterocycles. The van der Waals surface area contributed by atoms with E-state index in [0.717, 1.165) is 0 Å². The molecule has 2 unspecified atom stereocenters. The lowest BCUT2D eigenvalue weighted by atomic mass is 9.90. The number of nitrogens with zero attached hydrogens (tertiary/aromatic N) is 1. The Morgan fingerprint density at radius 3 is 2.32 bits per heavy atom. The number of hydrogen-bond acceptors (Lipinski definition) is 4. The van der Waals surface area contributed by atoms with E-state index in [4.69, 9.17) is 0 Å². The van der Waals surface area contributed by atoms with E-state index in [9.17, 15) is 23.1 Å². The molecule has 0 bridgehead atoms. The highest BCUT2D eigenvalue weighted by Crippen LogP contribution is 2.23. The fraction of sp³-hybridized carbons (Fsp3) is 0.529. The molecule has 0 aliphatic carbocycles. The van der Waals surface area contributed by atoms with Crippen molar-refractivity contribution in [1.29, 1.82) is 0 Å². The molecule has 0 aromatic heterocycles. The van der Waals surface area contributed by atoms with Gasteiger partial charge in [-0.1, -0.05) is 6.92 Å². The Kier molecular flexibility index (Phi) is 5.84. The summed E-state index contributed by atoms with van der Waals surface area (Å²) < 4.78 is 26.7. The molecule has 1 aliphatic heterocycles. The van der Waals surface area contributed by atoms with Crippen molar-refractivity contribution in [1.82, 2.24) is 9.62 Å². The molecule has 2 N–H and O–H groups in total. The van der Waals surface area contributed by atoms with Crippen LogP contribution in [0.1, 0.15) is 37.6 Å². The van der Waals surface area contributed by atoms with Gasteiger partial charge >= 0.3 is 5.97 Å². The molecule has 7 nitrogen and oxygen atoms in total. The zero-order chi connectivity index (χ0) is 18.8. The van der Waals surface area contributed by atoms with E-state index in [0.29, 0.717) is 18.5 Å². The van der Waals surface area contributed by atoms with Crippen molar-refractivity contribution < 1.29 is 23.1 Å². The van der Waals surface area contributed by atoms with Gasteiger partial charge in [-0.25, -0.2) is 13.1 Å². The number of benzene rings is 1. The highest BCUT2D eigenvalue weighted by Gasteiger charge is 2.32. The molecule has 25 heavy (non-hydrogen) atoms. The Bertz CT molecular complexity index is 743. The molecule has 1 aromatic carbocycles. The van der Waals surface area contributed by atoms with Crippen LogP contribution in [0.2, 0.25) is 0 Å². The summed E-state index contributed by atoms with van der Waals surface area (Å²) in [6.45, 7) is 6.05. The lowest BCUT2D eigenvalue weighted by molar-refractivity contribution is -0.143. The number of hydrogen-bond donors (Lipinski definition) is 2. The van der Waals surface area contributed by atoms with Crippen molar-refractivity contribution in [3.05, 3.63) is 29.8 Å². The molecule has 1 aromatic rings. The molecule has 1 aliphatic rings. The van der Waals surface area contributed by atoms with Gasteiger partial charge in [0, 0.05) is 24.7 Å². The van der Waals surface area contributed by atoms with Crippen LogP contribution in [0.25, 0.3) is 0 Å². The summed E-state index contributed by atoms with van der Waals surface area (Å²) in [4.78, 5) is 25.5. The van der Waals surface area contributed by atoms with E-state index < -0.39 is 21.9 Å². The smallest absolute Gasteiger partial charge is 0.308 e. The van der Waals surface area contributed by atoms with Gasteiger partial charge in [0.05, 0.1) is 10.8 Å². The molecule has 0 saturated carbocycles. The molecule has 2 atom stereocenters. The van der Waals surface area contributed by atoms with Crippen molar-refractivity contribution in [3.8, 4) is 0 Å². The number of nitrogens with one attached hydrogen (secondary N) is 1. The molecule has 0 spiro atoms. The predicted octanol–water partition coefficient (Wildman–Crippen LogP) is 1.56. The molecule has 2 rings (SSSR count). The number of carbonyl (C=O) groups excluding carboxylic acids is 1. The van der Waals surface area contributed by atoms with Gasteiger partial charge in [-0.05, 0) is 50.5 Å². The Labute approximate surface area is 148 Å². The summed E-state index contributed by atoms with van der Waals surface area (Å²) in [5.74, 6) is -1.64. The molecular formula is C17H24N2O5S. The number of carboxylic acids is 1. The van der Waals surface area contributed by atoms with Crippen LogP contribution in [0.5, 0.6) is 0 Å². The van der Waals surface area contributed by atoms with Gasteiger partial charge in [0.25, 0.3) is 5.91 Å². The number of likely N-dealkylation sites (tertiary alicyclic amines) is 1. The Morgan fingerprint density at radius 1 is 1.20 bits per heavy atom. The lowest BCUT2D eigenvalue weighted by Gasteiger charge is -2.34. The van der Waals surface area contributed by atoms with Gasteiger partial charge in [0.1, 0.15) is 0 Å². The predicted molar refractivity (Wildman–Crippen MR) is 92.7 cm³/mol. The summed E-state index contributed by atoms with van der Waals surface area (Å²) in [6, 6.07) is 5.48. The van der Waals surface area contributed by atoms with Crippen LogP contribution in [0.3, 0.4) is 0 Å². The van der Waals surface area contributed by atoms with E-state index in [1.54, 1.807) is 13.8 Å². The number of sulfonamides is 1. The number of amides is 1. The van der Waals surface area contributed by atoms with Crippen molar-refractivity contribution in [2.45, 2.75) is 38.1 Å². The third-order valence-corrected chi connectivity index (χ3v) is 5.77. The molecule has 138 valence electrons. The Balaban J connectivity index is 2.16. The molecule has 1 amide bonds. The summed E-state index contributed by atoms with van der Waals surface area (Å²) >= 11 is 0. The summed E-state index contributed by atoms with van der Waals surface area (Å²) in [5, 5.41) is 9.21. The van der Waals surface area contributed by atoms with E-state index in [-0.39, 0.29) is 29.3 Å². The number of carbonyl (C=O) groups is 2. The second-order valence-corrected chi connectivity index (χ2v) is 8.60. The normalized spacial score (nSPS) is 21.4. The molecule has 1 fully saturated rings. The van der Waals surface area contributed by atoms with Gasteiger partial charge < -0.3 is 10.0 Å². The van der Waals surface area contributed by atoms with Crippen LogP contribution in [0, 0.1) is 11.8 Å². The maximum absolute atomic E-state index is 12.6. The number of carboxylic acid groups (broad SMARTS) is 1. The van der Waals surface area contributed by atoms with Crippen LogP contribution >= 0.6 is 0 Å². The standard InChI is InChI=1S/C17H24N2O5S/c1-11(2)18-25(23,24)15-6-4-13(5-7-15)16(20)19-9-12(3)8-14(10-19)17(21)22/h4-7,11-12,14,18H,8-10H2,1-3H3,(H,21,22). The third kappa shape index (κ3) is 4.79. The van der Waals surface area contributed by atoms with Gasteiger partial charge in [-0.2, -0.15) is 0 Å². The van der Waals surface area contributed by atoms with Crippen LogP contribution in [-0.2, 0) is 14.8 Å². The molecule has 1 saturated heterocycles. The van der Waals surface area contributed by atoms with Crippen LogP contribution in [0.4, 0.5) is 0 Å². The zero-order valence-electron chi connectivity index (χ0n) is 14.6. The van der Waals surface area contributed by atoms with Gasteiger partial charge in [0.2, 0.25) is 10.0 Å². The van der Waals surface area contributed by atoms with E-state index in [1.165, 1.54) is 29.2 Å². The summed E-state index contributed by atoms with van der Waals surface area (Å²) in [6.07, 6.45) is 0.553. The first-order valence-corrected chi connectivity index (χ1v) is 9.73. The topological polar surface area (TPSA) is 104 Å². The van der Waals surface area contributed by atoms with Gasteiger partial charge in [-0.3, -0.25) is 9.59 Å². The van der Waals surface area contributed by atoms with Crippen molar-refractivity contribution >= 4 is 21.9 Å².